The Labute approximate surface area is 129 Å². The van der Waals surface area contributed by atoms with Crippen molar-refractivity contribution in [2.75, 3.05) is 5.73 Å². The highest BCUT2D eigenvalue weighted by Crippen LogP contribution is 2.44. The number of hydrogen-bond donors (Lipinski definition) is 1. The molecule has 1 aromatic rings. The van der Waals surface area contributed by atoms with E-state index in [2.05, 4.69) is 51.5 Å². The average molecular weight is 314 g/mol. The van der Waals surface area contributed by atoms with Crippen molar-refractivity contribution in [1.29, 1.82) is 0 Å². The van der Waals surface area contributed by atoms with E-state index in [4.69, 9.17) is 17.3 Å². The van der Waals surface area contributed by atoms with Crippen LogP contribution in [0.3, 0.4) is 0 Å². The van der Waals surface area contributed by atoms with E-state index in [-0.39, 0.29) is 5.95 Å². The molecule has 0 aliphatic rings. The van der Waals surface area contributed by atoms with E-state index in [0.717, 1.165) is 28.7 Å². The third-order valence-electron chi connectivity index (χ3n) is 4.80. The van der Waals surface area contributed by atoms with Crippen LogP contribution in [-0.2, 0) is 6.42 Å². The van der Waals surface area contributed by atoms with Crippen LogP contribution in [0.4, 0.5) is 5.95 Å². The molecular weight excluding hydrogens is 286 g/mol. The van der Waals surface area contributed by atoms with Gasteiger partial charge in [-0.3, -0.25) is 0 Å². The van der Waals surface area contributed by atoms with Gasteiger partial charge in [-0.2, -0.15) is 0 Å². The third-order valence-corrected chi connectivity index (χ3v) is 12.6. The van der Waals surface area contributed by atoms with Gasteiger partial charge in [0.2, 0.25) is 5.95 Å². The van der Waals surface area contributed by atoms with Gasteiger partial charge >= 0.3 is 0 Å². The van der Waals surface area contributed by atoms with Gasteiger partial charge in [-0.05, 0) is 12.5 Å². The summed E-state index contributed by atoms with van der Waals surface area (Å²) in [5.41, 5.74) is 8.94. The Kier molecular flexibility index (Phi) is 6.01. The van der Waals surface area contributed by atoms with Crippen molar-refractivity contribution in [2.45, 2.75) is 70.6 Å². The topological polar surface area (TPSA) is 51.8 Å². The Morgan fingerprint density at radius 3 is 1.95 bits per heavy atom. The molecule has 1 aromatic heterocycles. The Bertz CT molecular complexity index is 405. The summed E-state index contributed by atoms with van der Waals surface area (Å²) in [4.78, 5) is 8.25. The summed E-state index contributed by atoms with van der Waals surface area (Å²) in [6, 6.07) is 3.07. The first-order valence-electron chi connectivity index (χ1n) is 7.49. The molecule has 114 valence electrons. The summed E-state index contributed by atoms with van der Waals surface area (Å²) in [6.45, 7) is 14.3. The minimum Gasteiger partial charge on any atom is -0.368 e. The normalized spacial score (nSPS) is 12.7. The number of halogens is 1. The minimum atomic E-state index is -1.39. The molecule has 0 atom stereocenters. The summed E-state index contributed by atoms with van der Waals surface area (Å²) in [5, 5.41) is 0.443. The lowest BCUT2D eigenvalue weighted by Crippen LogP contribution is -2.44. The molecule has 1 rings (SSSR count). The van der Waals surface area contributed by atoms with E-state index in [9.17, 15) is 0 Å². The van der Waals surface area contributed by atoms with Crippen LogP contribution in [0.15, 0.2) is 6.07 Å². The van der Waals surface area contributed by atoms with Crippen molar-refractivity contribution < 1.29 is 0 Å². The van der Waals surface area contributed by atoms with Crippen molar-refractivity contribution in [1.82, 2.24) is 9.97 Å². The van der Waals surface area contributed by atoms with E-state index >= 15 is 0 Å². The van der Waals surface area contributed by atoms with Crippen LogP contribution in [0.25, 0.3) is 0 Å². The molecule has 0 bridgehead atoms. The van der Waals surface area contributed by atoms with Crippen molar-refractivity contribution in [3.8, 4) is 0 Å². The summed E-state index contributed by atoms with van der Waals surface area (Å²) in [6.07, 6.45) is 0.952. The monoisotopic (exact) mass is 313 g/mol. The van der Waals surface area contributed by atoms with Gasteiger partial charge in [0.1, 0.15) is 5.15 Å². The Morgan fingerprint density at radius 2 is 1.55 bits per heavy atom. The molecule has 3 nitrogen and oxygen atoms in total. The number of nitrogen functional groups attached to an aromatic ring is 1. The quantitative estimate of drug-likeness (QED) is 0.598. The lowest BCUT2D eigenvalue weighted by Gasteiger charge is -2.43. The largest absolute Gasteiger partial charge is 0.368 e. The van der Waals surface area contributed by atoms with Gasteiger partial charge in [0.15, 0.2) is 0 Å². The highest BCUT2D eigenvalue weighted by molar-refractivity contribution is 6.83. The Morgan fingerprint density at radius 1 is 1.05 bits per heavy atom. The molecule has 0 saturated carbocycles. The fourth-order valence-corrected chi connectivity index (χ4v) is 10.5. The molecule has 0 aromatic carbocycles. The number of anilines is 1. The van der Waals surface area contributed by atoms with Crippen LogP contribution in [0.2, 0.25) is 27.8 Å². The van der Waals surface area contributed by atoms with E-state index in [0.29, 0.717) is 5.15 Å². The summed E-state index contributed by atoms with van der Waals surface area (Å²) in [5.74, 6) is 0.276. The van der Waals surface area contributed by atoms with Crippen molar-refractivity contribution in [3.63, 3.8) is 0 Å². The number of aryl methyl sites for hydroxylation is 1. The predicted molar refractivity (Wildman–Crippen MR) is 91.0 cm³/mol. The smallest absolute Gasteiger partial charge is 0.221 e. The summed E-state index contributed by atoms with van der Waals surface area (Å²) in [7, 11) is -1.39. The van der Waals surface area contributed by atoms with Gasteiger partial charge < -0.3 is 5.73 Å². The third kappa shape index (κ3) is 3.73. The maximum Gasteiger partial charge on any atom is 0.221 e. The van der Waals surface area contributed by atoms with Gasteiger partial charge in [-0.1, -0.05) is 75.8 Å². The zero-order valence-corrected chi connectivity index (χ0v) is 15.3. The van der Waals surface area contributed by atoms with E-state index in [1.54, 1.807) is 0 Å². The minimum absolute atomic E-state index is 0.276. The highest BCUT2D eigenvalue weighted by atomic mass is 35.5. The lowest BCUT2D eigenvalue weighted by molar-refractivity contribution is 0.784. The maximum absolute atomic E-state index is 5.97. The van der Waals surface area contributed by atoms with Gasteiger partial charge in [0, 0.05) is 5.69 Å². The molecule has 0 aliphatic heterocycles. The molecule has 5 heteroatoms. The lowest BCUT2D eigenvalue weighted by atomic mass is 10.3. The van der Waals surface area contributed by atoms with Crippen LogP contribution < -0.4 is 5.73 Å². The van der Waals surface area contributed by atoms with Gasteiger partial charge in [-0.15, -0.1) is 0 Å². The maximum atomic E-state index is 5.97. The molecule has 0 unspecified atom stereocenters. The van der Waals surface area contributed by atoms with E-state index < -0.39 is 8.07 Å². The zero-order valence-electron chi connectivity index (χ0n) is 13.6. The van der Waals surface area contributed by atoms with Gasteiger partial charge in [0.25, 0.3) is 0 Å². The first-order valence-corrected chi connectivity index (χ1v) is 10.3. The first kappa shape index (κ1) is 17.4. The van der Waals surface area contributed by atoms with Crippen LogP contribution in [-0.4, -0.2) is 18.0 Å². The molecular formula is C15H28ClN3Si. The molecule has 0 aliphatic carbocycles. The fourth-order valence-electron chi connectivity index (χ4n) is 3.82. The first-order chi connectivity index (χ1) is 9.20. The number of aromatic nitrogens is 2. The second-order valence-electron chi connectivity index (χ2n) is 6.62. The van der Waals surface area contributed by atoms with Crippen molar-refractivity contribution >= 4 is 25.6 Å². The SMILES string of the molecule is CC(C)[Si](CCc1cc(Cl)nc(N)n1)(C(C)C)C(C)C. The number of rotatable bonds is 6. The number of nitrogens with two attached hydrogens (primary N) is 1. The van der Waals surface area contributed by atoms with Crippen LogP contribution in [0, 0.1) is 0 Å². The molecule has 20 heavy (non-hydrogen) atoms. The van der Waals surface area contributed by atoms with Crippen LogP contribution >= 0.6 is 11.6 Å². The molecule has 2 N–H and O–H groups in total. The molecule has 1 heterocycles. The zero-order chi connectivity index (χ0) is 15.5. The predicted octanol–water partition coefficient (Wildman–Crippen LogP) is 4.93. The Hall–Kier alpha value is -0.613. The molecule has 0 amide bonds. The van der Waals surface area contributed by atoms with E-state index in [1.807, 2.05) is 6.07 Å². The average Bonchev–Trinajstić information content (AvgIpc) is 2.26. The molecule has 0 fully saturated rings. The summed E-state index contributed by atoms with van der Waals surface area (Å²) >= 11 is 5.97. The number of nitrogens with zero attached hydrogens (tertiary/aromatic N) is 2. The standard InChI is InChI=1S/C15H28ClN3Si/c1-10(2)20(11(3)4,12(5)6)8-7-13-9-14(16)19-15(17)18-13/h9-12H,7-8H2,1-6H3,(H2,17,18,19). The Balaban J connectivity index is 2.97. The molecule has 0 spiro atoms. The number of hydrogen-bond acceptors (Lipinski definition) is 3. The second kappa shape index (κ2) is 6.90. The van der Waals surface area contributed by atoms with Gasteiger partial charge in [-0.25, -0.2) is 9.97 Å². The second-order valence-corrected chi connectivity index (χ2v) is 13.2. The van der Waals surface area contributed by atoms with E-state index in [1.165, 1.54) is 6.04 Å². The van der Waals surface area contributed by atoms with Crippen molar-refractivity contribution in [3.05, 3.63) is 16.9 Å². The fraction of sp³-hybridized carbons (Fsp3) is 0.733. The van der Waals surface area contributed by atoms with Crippen molar-refractivity contribution in [2.24, 2.45) is 0 Å². The van der Waals surface area contributed by atoms with Crippen LogP contribution in [0.5, 0.6) is 0 Å². The van der Waals surface area contributed by atoms with Gasteiger partial charge in [0.05, 0.1) is 8.07 Å². The summed E-state index contributed by atoms with van der Waals surface area (Å²) < 4.78 is 0. The highest BCUT2D eigenvalue weighted by Gasteiger charge is 2.41. The molecule has 0 radical (unpaired) electrons. The molecule has 0 saturated heterocycles. The van der Waals surface area contributed by atoms with Crippen LogP contribution in [0.1, 0.15) is 47.2 Å².